The average Bonchev–Trinajstić information content (AvgIpc) is 3.19. The van der Waals surface area contributed by atoms with Crippen molar-refractivity contribution in [1.82, 2.24) is 9.55 Å². The Labute approximate surface area is 164 Å². The fraction of sp³-hybridized carbons (Fsp3) is 0.318. The van der Waals surface area contributed by atoms with E-state index in [4.69, 9.17) is 9.15 Å². The fourth-order valence-corrected chi connectivity index (χ4v) is 3.42. The molecule has 0 N–H and O–H groups in total. The summed E-state index contributed by atoms with van der Waals surface area (Å²) in [6, 6.07) is 11.4. The van der Waals surface area contributed by atoms with Crippen LogP contribution in [-0.4, -0.2) is 27.9 Å². The number of aryl methyl sites for hydroxylation is 2. The first-order chi connectivity index (χ1) is 13.3. The van der Waals surface area contributed by atoms with Crippen molar-refractivity contribution in [3.8, 4) is 11.5 Å². The van der Waals surface area contributed by atoms with Crippen LogP contribution >= 0.6 is 0 Å². The van der Waals surface area contributed by atoms with Crippen molar-refractivity contribution in [2.24, 2.45) is 0 Å². The summed E-state index contributed by atoms with van der Waals surface area (Å²) in [6.07, 6.45) is 0. The van der Waals surface area contributed by atoms with Crippen molar-refractivity contribution >= 4 is 11.8 Å². The second-order valence-electron chi connectivity index (χ2n) is 7.04. The first-order valence-electron chi connectivity index (χ1n) is 9.21. The van der Waals surface area contributed by atoms with Crippen molar-refractivity contribution in [3.05, 3.63) is 64.8 Å². The maximum atomic E-state index is 12.6. The summed E-state index contributed by atoms with van der Waals surface area (Å²) in [6.45, 7) is 9.29. The molecule has 0 atom stereocenters. The topological polar surface area (TPSA) is 74.3 Å². The number of oxazole rings is 1. The van der Waals surface area contributed by atoms with Crippen molar-refractivity contribution in [3.63, 3.8) is 0 Å². The Hall–Kier alpha value is -3.15. The number of hydrogen-bond acceptors (Lipinski definition) is 5. The third-order valence-corrected chi connectivity index (χ3v) is 4.65. The Morgan fingerprint density at radius 2 is 1.82 bits per heavy atom. The predicted octanol–water partition coefficient (Wildman–Crippen LogP) is 4.69. The van der Waals surface area contributed by atoms with Gasteiger partial charge in [-0.1, -0.05) is 18.2 Å². The fourth-order valence-electron chi connectivity index (χ4n) is 3.42. The Morgan fingerprint density at radius 1 is 1.14 bits per heavy atom. The van der Waals surface area contributed by atoms with Crippen LogP contribution in [0.1, 0.15) is 57.9 Å². The van der Waals surface area contributed by atoms with Gasteiger partial charge >= 0.3 is 5.97 Å². The highest BCUT2D eigenvalue weighted by atomic mass is 16.5. The number of aromatic nitrogens is 2. The highest BCUT2D eigenvalue weighted by molar-refractivity contribution is 6.00. The number of Topliss-reactive ketones (excluding diaryl/α,β-unsaturated/α-hetero) is 1. The molecule has 0 spiro atoms. The zero-order valence-corrected chi connectivity index (χ0v) is 16.8. The third-order valence-electron chi connectivity index (χ3n) is 4.65. The Bertz CT molecular complexity index is 1010. The van der Waals surface area contributed by atoms with Gasteiger partial charge in [0.15, 0.2) is 12.3 Å². The van der Waals surface area contributed by atoms with Crippen LogP contribution < -0.4 is 0 Å². The lowest BCUT2D eigenvalue weighted by molar-refractivity contribution is 0.0467. The van der Waals surface area contributed by atoms with E-state index in [1.165, 1.54) is 0 Å². The summed E-state index contributed by atoms with van der Waals surface area (Å²) in [5.74, 6) is -0.210. The molecule has 0 bridgehead atoms. The molecule has 28 heavy (non-hydrogen) atoms. The minimum atomic E-state index is -0.672. The minimum Gasteiger partial charge on any atom is -0.452 e. The molecule has 0 saturated heterocycles. The van der Waals surface area contributed by atoms with E-state index in [0.29, 0.717) is 17.2 Å². The van der Waals surface area contributed by atoms with Gasteiger partial charge in [0.1, 0.15) is 5.76 Å². The van der Waals surface area contributed by atoms with E-state index in [2.05, 4.69) is 23.4 Å². The van der Waals surface area contributed by atoms with E-state index in [-0.39, 0.29) is 24.1 Å². The standard InChI is InChI=1S/C22H24N2O4/c1-13(2)24-14(3)11-18(15(24)4)19(25)12-27-22(26)20-16(5)28-21(23-20)17-9-7-6-8-10-17/h6-11,13H,12H2,1-5H3. The van der Waals surface area contributed by atoms with E-state index < -0.39 is 5.97 Å². The molecule has 0 amide bonds. The average molecular weight is 380 g/mol. The van der Waals surface area contributed by atoms with E-state index >= 15 is 0 Å². The largest absolute Gasteiger partial charge is 0.452 e. The zero-order valence-electron chi connectivity index (χ0n) is 16.8. The van der Waals surface area contributed by atoms with Crippen molar-refractivity contribution in [2.45, 2.75) is 40.7 Å². The highest BCUT2D eigenvalue weighted by Crippen LogP contribution is 2.23. The smallest absolute Gasteiger partial charge is 0.361 e. The van der Waals surface area contributed by atoms with Gasteiger partial charge in [-0.25, -0.2) is 9.78 Å². The van der Waals surface area contributed by atoms with Gasteiger partial charge in [0.2, 0.25) is 11.7 Å². The van der Waals surface area contributed by atoms with Crippen LogP contribution in [0.5, 0.6) is 0 Å². The first-order valence-corrected chi connectivity index (χ1v) is 9.21. The van der Waals surface area contributed by atoms with E-state index in [1.807, 2.05) is 50.2 Å². The number of carbonyl (C=O) groups is 2. The van der Waals surface area contributed by atoms with Crippen LogP contribution in [-0.2, 0) is 4.74 Å². The number of ketones is 1. The van der Waals surface area contributed by atoms with Crippen LogP contribution in [0.25, 0.3) is 11.5 Å². The van der Waals surface area contributed by atoms with Gasteiger partial charge in [0.05, 0.1) is 0 Å². The van der Waals surface area contributed by atoms with Crippen LogP contribution in [0.3, 0.4) is 0 Å². The molecule has 3 rings (SSSR count). The molecule has 146 valence electrons. The monoisotopic (exact) mass is 380 g/mol. The zero-order chi connectivity index (χ0) is 20.4. The molecule has 6 heteroatoms. The molecule has 0 aliphatic heterocycles. The molecule has 0 radical (unpaired) electrons. The van der Waals surface area contributed by atoms with Gasteiger partial charge in [-0.3, -0.25) is 4.79 Å². The van der Waals surface area contributed by atoms with Gasteiger partial charge in [-0.2, -0.15) is 0 Å². The molecule has 0 aliphatic carbocycles. The SMILES string of the molecule is Cc1oc(-c2ccccc2)nc1C(=O)OCC(=O)c1cc(C)n(C(C)C)c1C. The molecule has 3 aromatic rings. The molecular formula is C22H24N2O4. The minimum absolute atomic E-state index is 0.0827. The quantitative estimate of drug-likeness (QED) is 0.458. The van der Waals surface area contributed by atoms with E-state index in [9.17, 15) is 9.59 Å². The number of hydrogen-bond donors (Lipinski definition) is 0. The van der Waals surface area contributed by atoms with Crippen LogP contribution in [0, 0.1) is 20.8 Å². The predicted molar refractivity (Wildman–Crippen MR) is 106 cm³/mol. The number of benzene rings is 1. The molecule has 2 heterocycles. The molecule has 0 saturated carbocycles. The van der Waals surface area contributed by atoms with Gasteiger partial charge in [-0.05, 0) is 52.8 Å². The first kappa shape index (κ1) is 19.6. The molecule has 0 aliphatic rings. The number of ether oxygens (including phenoxy) is 1. The summed E-state index contributed by atoms with van der Waals surface area (Å²) in [5, 5.41) is 0. The van der Waals surface area contributed by atoms with Crippen molar-refractivity contribution in [1.29, 1.82) is 0 Å². The van der Waals surface area contributed by atoms with Gasteiger partial charge in [-0.15, -0.1) is 0 Å². The van der Waals surface area contributed by atoms with Crippen molar-refractivity contribution < 1.29 is 18.7 Å². The van der Waals surface area contributed by atoms with E-state index in [0.717, 1.165) is 17.0 Å². The summed E-state index contributed by atoms with van der Waals surface area (Å²) < 4.78 is 12.9. The summed E-state index contributed by atoms with van der Waals surface area (Å²) in [7, 11) is 0. The number of esters is 1. The summed E-state index contributed by atoms with van der Waals surface area (Å²) in [4.78, 5) is 29.2. The molecule has 2 aromatic heterocycles. The second-order valence-corrected chi connectivity index (χ2v) is 7.04. The number of nitrogens with zero attached hydrogens (tertiary/aromatic N) is 2. The molecule has 0 fully saturated rings. The molecular weight excluding hydrogens is 356 g/mol. The van der Waals surface area contributed by atoms with E-state index in [1.54, 1.807) is 6.92 Å². The lowest BCUT2D eigenvalue weighted by atomic mass is 10.1. The maximum Gasteiger partial charge on any atom is 0.361 e. The lowest BCUT2D eigenvalue weighted by Gasteiger charge is -2.13. The normalized spacial score (nSPS) is 11.1. The van der Waals surface area contributed by atoms with Crippen LogP contribution in [0.4, 0.5) is 0 Å². The van der Waals surface area contributed by atoms with Crippen LogP contribution in [0.15, 0.2) is 40.8 Å². The molecule has 6 nitrogen and oxygen atoms in total. The van der Waals surface area contributed by atoms with Gasteiger partial charge in [0.25, 0.3) is 0 Å². The van der Waals surface area contributed by atoms with Crippen molar-refractivity contribution in [2.75, 3.05) is 6.61 Å². The maximum absolute atomic E-state index is 12.6. The third kappa shape index (κ3) is 3.76. The lowest BCUT2D eigenvalue weighted by Crippen LogP contribution is -2.16. The summed E-state index contributed by atoms with van der Waals surface area (Å²) in [5.41, 5.74) is 3.29. The van der Waals surface area contributed by atoms with Crippen LogP contribution in [0.2, 0.25) is 0 Å². The van der Waals surface area contributed by atoms with Gasteiger partial charge in [0, 0.05) is 28.6 Å². The van der Waals surface area contributed by atoms with Gasteiger partial charge < -0.3 is 13.7 Å². The Morgan fingerprint density at radius 3 is 2.43 bits per heavy atom. The summed E-state index contributed by atoms with van der Waals surface area (Å²) >= 11 is 0. The molecule has 0 unspecified atom stereocenters. The number of rotatable bonds is 6. The number of carbonyl (C=O) groups excluding carboxylic acids is 2. The highest BCUT2D eigenvalue weighted by Gasteiger charge is 2.22. The Kier molecular flexibility index (Phi) is 5.49. The Balaban J connectivity index is 1.72. The molecule has 1 aromatic carbocycles. The second kappa shape index (κ2) is 7.84.